The quantitative estimate of drug-likeness (QED) is 0.385. The fraction of sp³-hybridized carbons (Fsp3) is 0.321. The zero-order chi connectivity index (χ0) is 25.2. The van der Waals surface area contributed by atoms with Gasteiger partial charge in [-0.3, -0.25) is 13.9 Å². The van der Waals surface area contributed by atoms with Crippen molar-refractivity contribution in [1.82, 2.24) is 18.7 Å². The van der Waals surface area contributed by atoms with E-state index in [4.69, 9.17) is 4.74 Å². The number of ether oxygens (including phenoxy) is 1. The molecule has 0 saturated carbocycles. The van der Waals surface area contributed by atoms with Crippen LogP contribution in [0, 0.1) is 0 Å². The van der Waals surface area contributed by atoms with E-state index in [1.54, 1.807) is 23.1 Å². The minimum atomic E-state index is -0.329. The summed E-state index contributed by atoms with van der Waals surface area (Å²) in [5, 5.41) is 0. The Kier molecular flexibility index (Phi) is 6.50. The topological polar surface area (TPSA) is 74.3 Å². The lowest BCUT2D eigenvalue weighted by molar-refractivity contribution is 0.482. The molecule has 8 heteroatoms. The van der Waals surface area contributed by atoms with Gasteiger partial charge in [0.05, 0.1) is 0 Å². The lowest BCUT2D eigenvalue weighted by Crippen LogP contribution is -2.39. The van der Waals surface area contributed by atoms with Crippen LogP contribution in [0.4, 0.5) is 5.69 Å². The van der Waals surface area contributed by atoms with E-state index in [2.05, 4.69) is 22.0 Å². The number of hydrogen-bond acceptors (Lipinski definition) is 5. The molecule has 0 radical (unpaired) electrons. The third-order valence-corrected chi connectivity index (χ3v) is 6.74. The molecule has 5 rings (SSSR count). The van der Waals surface area contributed by atoms with Crippen LogP contribution in [0.1, 0.15) is 38.1 Å². The highest BCUT2D eigenvalue weighted by atomic mass is 16.5. The summed E-state index contributed by atoms with van der Waals surface area (Å²) in [5.74, 6) is 2.13. The van der Waals surface area contributed by atoms with Gasteiger partial charge in [0.2, 0.25) is 0 Å². The minimum absolute atomic E-state index is 0.317. The molecular formula is C28H31N5O3. The second-order valence-corrected chi connectivity index (χ2v) is 8.97. The number of anilines is 1. The Labute approximate surface area is 209 Å². The summed E-state index contributed by atoms with van der Waals surface area (Å²) in [5.41, 5.74) is 2.36. The second kappa shape index (κ2) is 9.89. The van der Waals surface area contributed by atoms with Crippen molar-refractivity contribution in [3.8, 4) is 11.5 Å². The molecule has 8 nitrogen and oxygen atoms in total. The van der Waals surface area contributed by atoms with Crippen molar-refractivity contribution in [2.75, 3.05) is 18.0 Å². The first kappa shape index (κ1) is 23.7. The largest absolute Gasteiger partial charge is 0.457 e. The maximum Gasteiger partial charge on any atom is 0.332 e. The molecule has 186 valence electrons. The van der Waals surface area contributed by atoms with Gasteiger partial charge in [-0.2, -0.15) is 0 Å². The first-order valence-corrected chi connectivity index (χ1v) is 12.5. The molecule has 3 heterocycles. The van der Waals surface area contributed by atoms with Gasteiger partial charge >= 0.3 is 5.69 Å². The normalized spacial score (nSPS) is 13.8. The summed E-state index contributed by atoms with van der Waals surface area (Å²) in [7, 11) is 1.80. The van der Waals surface area contributed by atoms with Gasteiger partial charge in [-0.05, 0) is 74.7 Å². The SMILES string of the molecule is CCn1c(=O)c2c(nc(/C=C/c3cccc(Oc4ccc(N5CCCC5)cc4)c3)n2C)n(CC)c1=O. The molecule has 1 fully saturated rings. The van der Waals surface area contributed by atoms with Crippen molar-refractivity contribution in [3.63, 3.8) is 0 Å². The van der Waals surface area contributed by atoms with Crippen molar-refractivity contribution < 1.29 is 4.74 Å². The number of imidazole rings is 1. The van der Waals surface area contributed by atoms with E-state index in [1.807, 2.05) is 55.5 Å². The fourth-order valence-corrected chi connectivity index (χ4v) is 4.78. The van der Waals surface area contributed by atoms with E-state index in [-0.39, 0.29) is 11.2 Å². The van der Waals surface area contributed by atoms with E-state index < -0.39 is 0 Å². The first-order chi connectivity index (χ1) is 17.5. The average molecular weight is 486 g/mol. The summed E-state index contributed by atoms with van der Waals surface area (Å²) < 4.78 is 10.6. The van der Waals surface area contributed by atoms with Gasteiger partial charge in [-0.15, -0.1) is 0 Å². The van der Waals surface area contributed by atoms with Crippen LogP contribution in [0.2, 0.25) is 0 Å². The maximum atomic E-state index is 12.9. The minimum Gasteiger partial charge on any atom is -0.457 e. The highest BCUT2D eigenvalue weighted by Crippen LogP contribution is 2.27. The van der Waals surface area contributed by atoms with Gasteiger partial charge in [0.1, 0.15) is 17.3 Å². The van der Waals surface area contributed by atoms with Crippen LogP contribution in [0.3, 0.4) is 0 Å². The van der Waals surface area contributed by atoms with Gasteiger partial charge in [-0.25, -0.2) is 9.78 Å². The van der Waals surface area contributed by atoms with Crippen LogP contribution in [-0.4, -0.2) is 31.8 Å². The van der Waals surface area contributed by atoms with Crippen molar-refractivity contribution in [2.45, 2.75) is 39.8 Å². The molecule has 0 aliphatic carbocycles. The standard InChI is InChI=1S/C28H31N5O3/c1-4-32-26-25(27(34)33(5-2)28(32)35)30(3)24(29-26)16-11-20-9-8-10-23(19-20)36-22-14-12-21(13-15-22)31-17-6-7-18-31/h8-16,19H,4-7,17-18H2,1-3H3/b16-11+. The predicted octanol–water partition coefficient (Wildman–Crippen LogP) is 4.50. The molecule has 0 N–H and O–H groups in total. The molecule has 2 aromatic heterocycles. The Morgan fingerprint density at radius 2 is 1.64 bits per heavy atom. The molecular weight excluding hydrogens is 454 g/mol. The molecule has 0 spiro atoms. The summed E-state index contributed by atoms with van der Waals surface area (Å²) in [4.78, 5) is 32.6. The van der Waals surface area contributed by atoms with E-state index in [0.29, 0.717) is 30.1 Å². The van der Waals surface area contributed by atoms with Crippen LogP contribution in [0.5, 0.6) is 11.5 Å². The molecule has 0 amide bonds. The van der Waals surface area contributed by atoms with Crippen molar-refractivity contribution >= 4 is 29.0 Å². The maximum absolute atomic E-state index is 12.9. The third-order valence-electron chi connectivity index (χ3n) is 6.74. The van der Waals surface area contributed by atoms with Crippen LogP contribution >= 0.6 is 0 Å². The van der Waals surface area contributed by atoms with Crippen molar-refractivity contribution in [1.29, 1.82) is 0 Å². The number of benzene rings is 2. The number of hydrogen-bond donors (Lipinski definition) is 0. The molecule has 1 aliphatic rings. The van der Waals surface area contributed by atoms with Gasteiger partial charge < -0.3 is 14.2 Å². The van der Waals surface area contributed by atoms with Gasteiger partial charge in [-0.1, -0.05) is 18.2 Å². The number of aryl methyl sites for hydroxylation is 2. The van der Waals surface area contributed by atoms with E-state index in [0.717, 1.165) is 30.2 Å². The summed E-state index contributed by atoms with van der Waals surface area (Å²) in [6.07, 6.45) is 6.28. The lowest BCUT2D eigenvalue weighted by atomic mass is 10.2. The lowest BCUT2D eigenvalue weighted by Gasteiger charge is -2.17. The van der Waals surface area contributed by atoms with Crippen LogP contribution in [-0.2, 0) is 20.1 Å². The molecule has 0 unspecified atom stereocenters. The number of aromatic nitrogens is 4. The first-order valence-electron chi connectivity index (χ1n) is 12.5. The molecule has 1 aliphatic heterocycles. The van der Waals surface area contributed by atoms with E-state index >= 15 is 0 Å². The van der Waals surface area contributed by atoms with Crippen molar-refractivity contribution in [3.05, 3.63) is 80.8 Å². The van der Waals surface area contributed by atoms with E-state index in [1.165, 1.54) is 23.1 Å². The molecule has 1 saturated heterocycles. The Morgan fingerprint density at radius 1 is 0.917 bits per heavy atom. The zero-order valence-electron chi connectivity index (χ0n) is 21.0. The number of fused-ring (bicyclic) bond motifs is 1. The Hall–Kier alpha value is -4.07. The zero-order valence-corrected chi connectivity index (χ0v) is 21.0. The smallest absolute Gasteiger partial charge is 0.332 e. The summed E-state index contributed by atoms with van der Waals surface area (Å²) in [6, 6.07) is 16.0. The van der Waals surface area contributed by atoms with Crippen LogP contribution < -0.4 is 20.9 Å². The number of rotatable bonds is 7. The van der Waals surface area contributed by atoms with Gasteiger partial charge in [0.25, 0.3) is 5.56 Å². The Balaban J connectivity index is 1.39. The van der Waals surface area contributed by atoms with Gasteiger partial charge in [0.15, 0.2) is 11.2 Å². The van der Waals surface area contributed by atoms with E-state index in [9.17, 15) is 9.59 Å². The molecule has 2 aromatic carbocycles. The van der Waals surface area contributed by atoms with Gasteiger partial charge in [0, 0.05) is 38.9 Å². The molecule has 36 heavy (non-hydrogen) atoms. The fourth-order valence-electron chi connectivity index (χ4n) is 4.78. The molecule has 0 atom stereocenters. The Morgan fingerprint density at radius 3 is 2.33 bits per heavy atom. The third kappa shape index (κ3) is 4.34. The average Bonchev–Trinajstić information content (AvgIpc) is 3.53. The second-order valence-electron chi connectivity index (χ2n) is 8.97. The predicted molar refractivity (Wildman–Crippen MR) is 144 cm³/mol. The molecule has 0 bridgehead atoms. The van der Waals surface area contributed by atoms with Crippen LogP contribution in [0.25, 0.3) is 23.3 Å². The monoisotopic (exact) mass is 485 g/mol. The van der Waals surface area contributed by atoms with Crippen LogP contribution in [0.15, 0.2) is 58.1 Å². The highest BCUT2D eigenvalue weighted by Gasteiger charge is 2.18. The van der Waals surface area contributed by atoms with Crippen molar-refractivity contribution in [2.24, 2.45) is 7.05 Å². The molecule has 4 aromatic rings. The Bertz CT molecular complexity index is 1540. The highest BCUT2D eigenvalue weighted by molar-refractivity contribution is 5.76. The summed E-state index contributed by atoms with van der Waals surface area (Å²) in [6.45, 7) is 6.66. The number of nitrogens with zero attached hydrogens (tertiary/aromatic N) is 5. The summed E-state index contributed by atoms with van der Waals surface area (Å²) >= 11 is 0.